The Morgan fingerprint density at radius 1 is 1.58 bits per heavy atom. The number of nitrogens with two attached hydrogens (primary N) is 1. The molecule has 1 unspecified atom stereocenters. The van der Waals surface area contributed by atoms with Crippen molar-refractivity contribution in [2.75, 3.05) is 0 Å². The van der Waals surface area contributed by atoms with Gasteiger partial charge in [-0.15, -0.1) is 6.58 Å². The molecule has 1 atom stereocenters. The third kappa shape index (κ3) is 3.22. The lowest BCUT2D eigenvalue weighted by Gasteiger charge is -2.04. The van der Waals surface area contributed by atoms with E-state index in [1.165, 1.54) is 19.3 Å². The normalized spacial score (nSPS) is 24.4. The van der Waals surface area contributed by atoms with Crippen molar-refractivity contribution < 1.29 is 0 Å². The lowest BCUT2D eigenvalue weighted by atomic mass is 10.1. The molecule has 0 saturated heterocycles. The molecule has 0 saturated carbocycles. The van der Waals surface area contributed by atoms with Gasteiger partial charge in [0.2, 0.25) is 0 Å². The van der Waals surface area contributed by atoms with Gasteiger partial charge in [-0.3, -0.25) is 0 Å². The van der Waals surface area contributed by atoms with Crippen LogP contribution in [0.2, 0.25) is 0 Å². The first-order chi connectivity index (χ1) is 5.83. The third-order valence-corrected chi connectivity index (χ3v) is 2.40. The van der Waals surface area contributed by atoms with E-state index in [1.807, 2.05) is 6.08 Å². The molecule has 0 radical (unpaired) electrons. The Labute approximate surface area is 75.3 Å². The summed E-state index contributed by atoms with van der Waals surface area (Å²) in [4.78, 5) is 0. The van der Waals surface area contributed by atoms with Gasteiger partial charge in [-0.1, -0.05) is 24.1 Å². The molecule has 0 aromatic heterocycles. The molecule has 1 aliphatic rings. The van der Waals surface area contributed by atoms with Crippen molar-refractivity contribution in [2.24, 2.45) is 5.73 Å². The molecule has 2 N–H and O–H groups in total. The monoisotopic (exact) mass is 165 g/mol. The van der Waals surface area contributed by atoms with Crippen LogP contribution in [0.3, 0.4) is 0 Å². The van der Waals surface area contributed by atoms with E-state index in [0.29, 0.717) is 6.04 Å². The van der Waals surface area contributed by atoms with E-state index in [-0.39, 0.29) is 0 Å². The molecule has 68 valence electrons. The molecular weight excluding hydrogens is 146 g/mol. The molecule has 1 heteroatoms. The summed E-state index contributed by atoms with van der Waals surface area (Å²) in [5, 5.41) is 0. The van der Waals surface area contributed by atoms with Gasteiger partial charge in [0.05, 0.1) is 0 Å². The molecule has 1 aliphatic carbocycles. The summed E-state index contributed by atoms with van der Waals surface area (Å²) in [6.07, 6.45) is 11.5. The second-order valence-corrected chi connectivity index (χ2v) is 3.56. The van der Waals surface area contributed by atoms with Gasteiger partial charge in [0.1, 0.15) is 0 Å². The van der Waals surface area contributed by atoms with E-state index >= 15 is 0 Å². The highest BCUT2D eigenvalue weighted by Crippen LogP contribution is 2.20. The zero-order valence-electron chi connectivity index (χ0n) is 7.76. The average molecular weight is 165 g/mol. The maximum Gasteiger partial charge on any atom is 0.0226 e. The Hall–Kier alpha value is -0.560. The number of allylic oxidation sites excluding steroid dienone is 2. The molecule has 0 aromatic carbocycles. The van der Waals surface area contributed by atoms with Gasteiger partial charge in [0, 0.05) is 6.04 Å². The summed E-state index contributed by atoms with van der Waals surface area (Å²) in [7, 11) is 0. The molecule has 1 nitrogen and oxygen atoms in total. The molecule has 1 rings (SSSR count). The van der Waals surface area contributed by atoms with Gasteiger partial charge >= 0.3 is 0 Å². The SMILES string of the molecule is C=CCCC1=CC(N)CCCC1. The van der Waals surface area contributed by atoms with Crippen molar-refractivity contribution in [1.82, 2.24) is 0 Å². The van der Waals surface area contributed by atoms with Crippen molar-refractivity contribution >= 4 is 0 Å². The molecule has 0 aromatic rings. The van der Waals surface area contributed by atoms with E-state index in [9.17, 15) is 0 Å². The summed E-state index contributed by atoms with van der Waals surface area (Å²) in [6, 6.07) is 0.312. The first-order valence-electron chi connectivity index (χ1n) is 4.89. The highest BCUT2D eigenvalue weighted by atomic mass is 14.6. The number of rotatable bonds is 3. The van der Waals surface area contributed by atoms with Gasteiger partial charge in [-0.2, -0.15) is 0 Å². The first kappa shape index (κ1) is 9.53. The molecule has 0 spiro atoms. The highest BCUT2D eigenvalue weighted by Gasteiger charge is 2.06. The van der Waals surface area contributed by atoms with Crippen LogP contribution >= 0.6 is 0 Å². The molecule has 0 aliphatic heterocycles. The van der Waals surface area contributed by atoms with Crippen molar-refractivity contribution in [1.29, 1.82) is 0 Å². The minimum absolute atomic E-state index is 0.312. The van der Waals surface area contributed by atoms with Crippen molar-refractivity contribution in [3.8, 4) is 0 Å². The molecule has 12 heavy (non-hydrogen) atoms. The van der Waals surface area contributed by atoms with Crippen LogP contribution < -0.4 is 5.73 Å². The Morgan fingerprint density at radius 3 is 3.17 bits per heavy atom. The molecule has 0 amide bonds. The fourth-order valence-electron chi connectivity index (χ4n) is 1.70. The van der Waals surface area contributed by atoms with Crippen LogP contribution in [-0.2, 0) is 0 Å². The van der Waals surface area contributed by atoms with E-state index in [0.717, 1.165) is 19.3 Å². The Bertz CT molecular complexity index is 170. The Balaban J connectivity index is 2.42. The van der Waals surface area contributed by atoms with Crippen molar-refractivity contribution in [2.45, 2.75) is 44.6 Å². The van der Waals surface area contributed by atoms with E-state index in [2.05, 4.69) is 12.7 Å². The van der Waals surface area contributed by atoms with Gasteiger partial charge in [-0.05, 0) is 32.1 Å². The fourth-order valence-corrected chi connectivity index (χ4v) is 1.70. The second kappa shape index (κ2) is 5.15. The van der Waals surface area contributed by atoms with Crippen LogP contribution in [0.1, 0.15) is 38.5 Å². The largest absolute Gasteiger partial charge is 0.324 e. The second-order valence-electron chi connectivity index (χ2n) is 3.56. The third-order valence-electron chi connectivity index (χ3n) is 2.40. The summed E-state index contributed by atoms with van der Waals surface area (Å²) in [6.45, 7) is 3.73. The molecule has 0 bridgehead atoms. The molecule has 0 fully saturated rings. The smallest absolute Gasteiger partial charge is 0.0226 e. The summed E-state index contributed by atoms with van der Waals surface area (Å²) in [5.41, 5.74) is 7.44. The summed E-state index contributed by atoms with van der Waals surface area (Å²) in [5.74, 6) is 0. The minimum Gasteiger partial charge on any atom is -0.324 e. The van der Waals surface area contributed by atoms with E-state index in [4.69, 9.17) is 5.73 Å². The predicted octanol–water partition coefficient (Wildman–Crippen LogP) is 2.78. The first-order valence-corrected chi connectivity index (χ1v) is 4.89. The van der Waals surface area contributed by atoms with Crippen molar-refractivity contribution in [3.05, 3.63) is 24.3 Å². The van der Waals surface area contributed by atoms with E-state index in [1.54, 1.807) is 5.57 Å². The lowest BCUT2D eigenvalue weighted by molar-refractivity contribution is 0.653. The average Bonchev–Trinajstić information content (AvgIpc) is 2.26. The summed E-state index contributed by atoms with van der Waals surface area (Å²) >= 11 is 0. The van der Waals surface area contributed by atoms with Crippen LogP contribution in [-0.4, -0.2) is 6.04 Å². The summed E-state index contributed by atoms with van der Waals surface area (Å²) < 4.78 is 0. The molecule has 0 heterocycles. The van der Waals surface area contributed by atoms with E-state index < -0.39 is 0 Å². The van der Waals surface area contributed by atoms with Gasteiger partial charge in [-0.25, -0.2) is 0 Å². The molecular formula is C11H19N. The quantitative estimate of drug-likeness (QED) is 0.639. The van der Waals surface area contributed by atoms with Crippen LogP contribution in [0.5, 0.6) is 0 Å². The standard InChI is InChI=1S/C11H19N/c1-2-3-6-10-7-4-5-8-11(12)9-10/h2,9,11H,1,3-8,12H2. The van der Waals surface area contributed by atoms with Gasteiger partial charge < -0.3 is 5.73 Å². The minimum atomic E-state index is 0.312. The number of hydrogen-bond donors (Lipinski definition) is 1. The maximum atomic E-state index is 5.89. The highest BCUT2D eigenvalue weighted by molar-refractivity contribution is 5.08. The van der Waals surface area contributed by atoms with Crippen LogP contribution in [0.15, 0.2) is 24.3 Å². The fraction of sp³-hybridized carbons (Fsp3) is 0.636. The topological polar surface area (TPSA) is 26.0 Å². The number of hydrogen-bond acceptors (Lipinski definition) is 1. The lowest BCUT2D eigenvalue weighted by Crippen LogP contribution is -2.15. The Morgan fingerprint density at radius 2 is 2.42 bits per heavy atom. The van der Waals surface area contributed by atoms with Crippen LogP contribution in [0.25, 0.3) is 0 Å². The van der Waals surface area contributed by atoms with Crippen LogP contribution in [0, 0.1) is 0 Å². The zero-order chi connectivity index (χ0) is 8.81. The predicted molar refractivity (Wildman–Crippen MR) is 54.0 cm³/mol. The Kier molecular flexibility index (Phi) is 4.09. The van der Waals surface area contributed by atoms with Crippen molar-refractivity contribution in [3.63, 3.8) is 0 Å². The van der Waals surface area contributed by atoms with Gasteiger partial charge in [0.25, 0.3) is 0 Å². The van der Waals surface area contributed by atoms with Crippen LogP contribution in [0.4, 0.5) is 0 Å². The van der Waals surface area contributed by atoms with Gasteiger partial charge in [0.15, 0.2) is 0 Å². The zero-order valence-corrected chi connectivity index (χ0v) is 7.76. The maximum absolute atomic E-state index is 5.89.